The molecule has 0 fully saturated rings. The van der Waals surface area contributed by atoms with Gasteiger partial charge < -0.3 is 0 Å². The molecule has 0 amide bonds. The molecule has 2 aromatic heterocycles. The summed E-state index contributed by atoms with van der Waals surface area (Å²) < 4.78 is 2.62. The zero-order valence-electron chi connectivity index (χ0n) is 15.4. The smallest absolute Gasteiger partial charge is 0.0977 e. The maximum absolute atomic E-state index is 4.77. The number of hydrogen-bond acceptors (Lipinski definition) is 3. The number of fused-ring (bicyclic) bond motifs is 11. The number of thiophene rings is 1. The van der Waals surface area contributed by atoms with Crippen LogP contribution in [0, 0.1) is 0 Å². The molecule has 0 saturated carbocycles. The molecule has 0 saturated heterocycles. The fourth-order valence-electron chi connectivity index (χ4n) is 4.66. The normalized spacial score (nSPS) is 12.1. The summed E-state index contributed by atoms with van der Waals surface area (Å²) in [7, 11) is 0. The number of nitrogens with zero attached hydrogens (tertiary/aromatic N) is 2. The van der Waals surface area contributed by atoms with E-state index >= 15 is 0 Å². The molecule has 0 aliphatic heterocycles. The second-order valence-electron chi connectivity index (χ2n) is 7.45. The third-order valence-corrected chi connectivity index (χ3v) is 7.06. The van der Waals surface area contributed by atoms with E-state index in [2.05, 4.69) is 72.8 Å². The lowest BCUT2D eigenvalue weighted by molar-refractivity contribution is 1.31. The Balaban J connectivity index is 1.83. The Morgan fingerprint density at radius 3 is 2.24 bits per heavy atom. The topological polar surface area (TPSA) is 25.8 Å². The van der Waals surface area contributed by atoms with Crippen LogP contribution in [0.25, 0.3) is 63.5 Å². The lowest BCUT2D eigenvalue weighted by Crippen LogP contribution is -1.89. The molecule has 0 radical (unpaired) electrons. The standard InChI is InChI=1S/C26H14N2S/c1-2-6-16-15(5-1)9-10-18-19-13-20-17-7-3-4-8-22(17)29-23(20)14-21(19)25-26(24(16)18)28-12-11-27-25/h1-14H. The highest BCUT2D eigenvalue weighted by atomic mass is 32.1. The van der Waals surface area contributed by atoms with E-state index in [4.69, 9.17) is 9.97 Å². The van der Waals surface area contributed by atoms with Crippen LogP contribution in [0.15, 0.2) is 85.2 Å². The van der Waals surface area contributed by atoms with Crippen LogP contribution in [0.5, 0.6) is 0 Å². The number of aromatic nitrogens is 2. The molecule has 7 rings (SSSR count). The SMILES string of the molecule is c1ccc2c(c1)ccc1c3cc4c(cc3c3nccnc3c21)sc1ccccc14. The lowest BCUT2D eigenvalue weighted by atomic mass is 9.94. The van der Waals surface area contributed by atoms with Gasteiger partial charge in [0.25, 0.3) is 0 Å². The molecule has 3 heteroatoms. The second-order valence-corrected chi connectivity index (χ2v) is 8.54. The second kappa shape index (κ2) is 5.49. The molecule has 29 heavy (non-hydrogen) atoms. The molecule has 0 spiro atoms. The molecule has 2 heterocycles. The molecule has 134 valence electrons. The zero-order chi connectivity index (χ0) is 18.9. The zero-order valence-corrected chi connectivity index (χ0v) is 16.2. The van der Waals surface area contributed by atoms with Crippen LogP contribution < -0.4 is 0 Å². The first-order valence-corrected chi connectivity index (χ1v) is 10.5. The van der Waals surface area contributed by atoms with E-state index in [9.17, 15) is 0 Å². The van der Waals surface area contributed by atoms with Crippen molar-refractivity contribution in [2.75, 3.05) is 0 Å². The van der Waals surface area contributed by atoms with Crippen LogP contribution >= 0.6 is 11.3 Å². The summed E-state index contributed by atoms with van der Waals surface area (Å²) in [6, 6.07) is 26.3. The van der Waals surface area contributed by atoms with E-state index in [1.54, 1.807) is 12.4 Å². The fraction of sp³-hybridized carbons (Fsp3) is 0. The summed E-state index contributed by atoms with van der Waals surface area (Å²) >= 11 is 1.84. The third-order valence-electron chi connectivity index (χ3n) is 5.93. The van der Waals surface area contributed by atoms with Gasteiger partial charge in [-0.15, -0.1) is 11.3 Å². The Morgan fingerprint density at radius 2 is 1.31 bits per heavy atom. The number of benzene rings is 5. The quantitative estimate of drug-likeness (QED) is 0.253. The number of rotatable bonds is 0. The molecule has 0 unspecified atom stereocenters. The molecule has 2 nitrogen and oxygen atoms in total. The molecule has 0 aliphatic carbocycles. The predicted molar refractivity (Wildman–Crippen MR) is 125 cm³/mol. The Bertz CT molecular complexity index is 1760. The van der Waals surface area contributed by atoms with E-state index in [1.807, 2.05) is 11.3 Å². The van der Waals surface area contributed by atoms with E-state index in [0.29, 0.717) is 0 Å². The van der Waals surface area contributed by atoms with Gasteiger partial charge in [0, 0.05) is 43.3 Å². The van der Waals surface area contributed by atoms with E-state index in [-0.39, 0.29) is 0 Å². The first-order chi connectivity index (χ1) is 14.4. The predicted octanol–water partition coefficient (Wildman–Crippen LogP) is 7.46. The van der Waals surface area contributed by atoms with Crippen LogP contribution in [0.1, 0.15) is 0 Å². The minimum atomic E-state index is 0.978. The average Bonchev–Trinajstić information content (AvgIpc) is 3.15. The van der Waals surface area contributed by atoms with E-state index in [1.165, 1.54) is 52.5 Å². The van der Waals surface area contributed by atoms with Crippen LogP contribution in [0.4, 0.5) is 0 Å². The molecule has 0 N–H and O–H groups in total. The molecule has 0 bridgehead atoms. The summed E-state index contributed by atoms with van der Waals surface area (Å²) in [6.45, 7) is 0. The van der Waals surface area contributed by atoms with Crippen molar-refractivity contribution in [3.8, 4) is 0 Å². The van der Waals surface area contributed by atoms with Crippen molar-refractivity contribution in [3.63, 3.8) is 0 Å². The highest BCUT2D eigenvalue weighted by Gasteiger charge is 2.15. The minimum absolute atomic E-state index is 0.978. The van der Waals surface area contributed by atoms with Crippen LogP contribution in [0.3, 0.4) is 0 Å². The monoisotopic (exact) mass is 386 g/mol. The molecule has 0 aliphatic rings. The van der Waals surface area contributed by atoms with Crippen LogP contribution in [-0.4, -0.2) is 9.97 Å². The maximum Gasteiger partial charge on any atom is 0.0977 e. The maximum atomic E-state index is 4.77. The number of hydrogen-bond donors (Lipinski definition) is 0. The van der Waals surface area contributed by atoms with Gasteiger partial charge in [0.2, 0.25) is 0 Å². The van der Waals surface area contributed by atoms with Gasteiger partial charge in [0.15, 0.2) is 0 Å². The Kier molecular flexibility index (Phi) is 2.91. The Hall–Kier alpha value is -3.56. The molecular weight excluding hydrogens is 372 g/mol. The van der Waals surface area contributed by atoms with Gasteiger partial charge in [-0.25, -0.2) is 0 Å². The molecule has 0 atom stereocenters. The summed E-state index contributed by atoms with van der Waals surface area (Å²) in [5.41, 5.74) is 1.96. The Morgan fingerprint density at radius 1 is 0.517 bits per heavy atom. The van der Waals surface area contributed by atoms with E-state index < -0.39 is 0 Å². The highest BCUT2D eigenvalue weighted by Crippen LogP contribution is 2.42. The van der Waals surface area contributed by atoms with Gasteiger partial charge in [-0.3, -0.25) is 9.97 Å². The summed E-state index contributed by atoms with van der Waals surface area (Å²) in [6.07, 6.45) is 3.60. The molecular formula is C26H14N2S. The highest BCUT2D eigenvalue weighted by molar-refractivity contribution is 7.25. The summed E-state index contributed by atoms with van der Waals surface area (Å²) in [4.78, 5) is 9.54. The first-order valence-electron chi connectivity index (χ1n) is 9.68. The largest absolute Gasteiger partial charge is 0.252 e. The molecule has 7 aromatic rings. The minimum Gasteiger partial charge on any atom is -0.252 e. The van der Waals surface area contributed by atoms with Crippen molar-refractivity contribution in [1.29, 1.82) is 0 Å². The fourth-order valence-corrected chi connectivity index (χ4v) is 5.79. The lowest BCUT2D eigenvalue weighted by Gasteiger charge is -2.11. The van der Waals surface area contributed by atoms with Crippen LogP contribution in [0.2, 0.25) is 0 Å². The van der Waals surface area contributed by atoms with Gasteiger partial charge in [-0.05, 0) is 39.7 Å². The van der Waals surface area contributed by atoms with Crippen molar-refractivity contribution in [3.05, 3.63) is 85.2 Å². The summed E-state index contributed by atoms with van der Waals surface area (Å²) in [5, 5.41) is 9.95. The molecule has 5 aromatic carbocycles. The summed E-state index contributed by atoms with van der Waals surface area (Å²) in [5.74, 6) is 0. The van der Waals surface area contributed by atoms with Crippen molar-refractivity contribution >= 4 is 74.9 Å². The van der Waals surface area contributed by atoms with Gasteiger partial charge in [0.1, 0.15) is 0 Å². The van der Waals surface area contributed by atoms with Crippen molar-refractivity contribution in [2.24, 2.45) is 0 Å². The van der Waals surface area contributed by atoms with Crippen molar-refractivity contribution in [2.45, 2.75) is 0 Å². The Labute approximate surface area is 170 Å². The van der Waals surface area contributed by atoms with E-state index in [0.717, 1.165) is 11.0 Å². The first kappa shape index (κ1) is 15.4. The van der Waals surface area contributed by atoms with Gasteiger partial charge in [0.05, 0.1) is 11.0 Å². The van der Waals surface area contributed by atoms with Crippen molar-refractivity contribution in [1.82, 2.24) is 9.97 Å². The van der Waals surface area contributed by atoms with Gasteiger partial charge in [-0.1, -0.05) is 54.6 Å². The van der Waals surface area contributed by atoms with Gasteiger partial charge in [-0.2, -0.15) is 0 Å². The third kappa shape index (κ3) is 2.00. The average molecular weight is 386 g/mol. The van der Waals surface area contributed by atoms with Crippen molar-refractivity contribution < 1.29 is 0 Å². The van der Waals surface area contributed by atoms with Gasteiger partial charge >= 0.3 is 0 Å². The van der Waals surface area contributed by atoms with Crippen LogP contribution in [-0.2, 0) is 0 Å².